The third-order valence-electron chi connectivity index (χ3n) is 3.19. The van der Waals surface area contributed by atoms with Gasteiger partial charge in [0, 0.05) is 51.4 Å². The Kier molecular flexibility index (Phi) is 11.7. The fraction of sp³-hybridized carbons (Fsp3) is 0.100. The molecule has 3 aromatic rings. The molecule has 0 N–H and O–H groups in total. The zero-order chi connectivity index (χ0) is 15.6. The second-order valence-corrected chi connectivity index (χ2v) is 10.3. The van der Waals surface area contributed by atoms with Crippen molar-refractivity contribution in [2.45, 2.75) is 9.88 Å². The van der Waals surface area contributed by atoms with Crippen molar-refractivity contribution >= 4 is 96.9 Å². The first-order chi connectivity index (χ1) is 10.9. The van der Waals surface area contributed by atoms with E-state index >= 15 is 0 Å². The van der Waals surface area contributed by atoms with Gasteiger partial charge < -0.3 is 0 Å². The molecule has 0 saturated heterocycles. The molecular weight excluding hydrogens is 426 g/mol. The Balaban J connectivity index is 0.000000615. The van der Waals surface area contributed by atoms with Gasteiger partial charge in [0.25, 0.3) is 0 Å². The molecule has 0 aromatic heterocycles. The van der Waals surface area contributed by atoms with E-state index in [0.717, 1.165) is 0 Å². The van der Waals surface area contributed by atoms with Gasteiger partial charge in [0.05, 0.1) is 0 Å². The summed E-state index contributed by atoms with van der Waals surface area (Å²) in [6, 6.07) is 32.5. The quantitative estimate of drug-likeness (QED) is 0.428. The maximum absolute atomic E-state index is 2.30. The van der Waals surface area contributed by atoms with Crippen molar-refractivity contribution in [3.05, 3.63) is 91.0 Å². The fourth-order valence-corrected chi connectivity index (χ4v) is 4.89. The average molecular weight is 447 g/mol. The Labute approximate surface area is 195 Å². The van der Waals surface area contributed by atoms with Gasteiger partial charge in [-0.3, -0.25) is 0 Å². The molecule has 0 heterocycles. The summed E-state index contributed by atoms with van der Waals surface area (Å²) in [5, 5.41) is 4.31. The van der Waals surface area contributed by atoms with Crippen LogP contribution in [0, 0.1) is 0 Å². The molecule has 3 heteroatoms. The van der Waals surface area contributed by atoms with Gasteiger partial charge in [-0.25, -0.2) is 0 Å². The molecule has 0 fully saturated rings. The first kappa shape index (κ1) is 21.4. The molecule has 0 nitrogen and oxygen atoms in total. The van der Waals surface area contributed by atoms with Gasteiger partial charge in [-0.1, -0.05) is 107 Å². The Morgan fingerprint density at radius 3 is 0.957 bits per heavy atom. The topological polar surface area (TPSA) is 0 Å². The molecule has 110 valence electrons. The third-order valence-corrected chi connectivity index (χ3v) is 5.92. The minimum absolute atomic E-state index is 0. The van der Waals surface area contributed by atoms with Gasteiger partial charge in [0.1, 0.15) is 0 Å². The molecule has 0 amide bonds. The molecule has 3 rings (SSSR count). The van der Waals surface area contributed by atoms with Crippen molar-refractivity contribution in [2.75, 3.05) is 0 Å². The molecule has 0 saturated carbocycles. The standard InChI is InChI=1S/C18H15Si.2CH3.K.Sn/c1-4-10-16(11-5-1)19(17-12-6-2-7-13-17)18-14-8-3-9-15-18;;;;/h1-15H;2*1H3;;. The minimum atomic E-state index is -0.877. The number of hydrogen-bond acceptors (Lipinski definition) is 0. The Morgan fingerprint density at radius 2 is 0.739 bits per heavy atom. The average Bonchev–Trinajstić information content (AvgIpc) is 2.59. The van der Waals surface area contributed by atoms with Crippen molar-refractivity contribution < 1.29 is 0 Å². The summed E-state index contributed by atoms with van der Waals surface area (Å²) in [6.45, 7) is 0. The predicted octanol–water partition coefficient (Wildman–Crippen LogP) is 2.61. The van der Waals surface area contributed by atoms with Crippen LogP contribution in [0.15, 0.2) is 91.0 Å². The molecule has 0 atom stereocenters. The second-order valence-electron chi connectivity index (χ2n) is 4.97. The van der Waals surface area contributed by atoms with Crippen LogP contribution in [0.3, 0.4) is 0 Å². The van der Waals surface area contributed by atoms with Crippen molar-refractivity contribution in [3.8, 4) is 0 Å². The van der Waals surface area contributed by atoms with Crippen LogP contribution < -0.4 is 15.6 Å². The van der Waals surface area contributed by atoms with Crippen LogP contribution in [0.25, 0.3) is 0 Å². The van der Waals surface area contributed by atoms with Crippen LogP contribution in [0.2, 0.25) is 9.88 Å². The van der Waals surface area contributed by atoms with Crippen molar-refractivity contribution in [2.24, 2.45) is 0 Å². The van der Waals surface area contributed by atoms with E-state index in [1.165, 1.54) is 15.6 Å². The maximum atomic E-state index is 2.30. The number of hydrogen-bond donors (Lipinski definition) is 0. The summed E-state index contributed by atoms with van der Waals surface area (Å²) < 4.78 is 0. The van der Waals surface area contributed by atoms with Gasteiger partial charge in [0.2, 0.25) is 0 Å². The van der Waals surface area contributed by atoms with E-state index in [-0.39, 0.29) is 72.5 Å². The van der Waals surface area contributed by atoms with Gasteiger partial charge >= 0.3 is 31.0 Å². The third kappa shape index (κ3) is 6.98. The van der Waals surface area contributed by atoms with Gasteiger partial charge in [-0.05, 0) is 0 Å². The Bertz CT molecular complexity index is 550. The van der Waals surface area contributed by atoms with E-state index in [1.807, 2.05) is 0 Å². The van der Waals surface area contributed by atoms with E-state index in [4.69, 9.17) is 0 Å². The second kappa shape index (κ2) is 12.6. The SMILES string of the molecule is [CH3][Sn][CH3].[K].c1ccc([Si](c2ccccc2)c2ccccc2)cc1. The van der Waals surface area contributed by atoms with Crippen LogP contribution >= 0.6 is 0 Å². The molecular formula is C20H21KSiSn. The summed E-state index contributed by atoms with van der Waals surface area (Å²) in [5.41, 5.74) is 0. The van der Waals surface area contributed by atoms with Gasteiger partial charge in [0.15, 0.2) is 8.80 Å². The normalized spacial score (nSPS) is 9.52. The molecule has 3 aromatic carbocycles. The van der Waals surface area contributed by atoms with E-state index in [2.05, 4.69) is 101 Å². The molecule has 0 aliphatic rings. The summed E-state index contributed by atoms with van der Waals surface area (Å²) >= 11 is 0.230. The molecule has 23 heavy (non-hydrogen) atoms. The van der Waals surface area contributed by atoms with Crippen LogP contribution in [-0.2, 0) is 0 Å². The Morgan fingerprint density at radius 1 is 0.522 bits per heavy atom. The maximum Gasteiger partial charge on any atom is 0.154 e. The first-order valence-electron chi connectivity index (χ1n) is 7.48. The number of rotatable bonds is 3. The van der Waals surface area contributed by atoms with Crippen LogP contribution in [0.4, 0.5) is 0 Å². The summed E-state index contributed by atoms with van der Waals surface area (Å²) in [4.78, 5) is 4.59. The summed E-state index contributed by atoms with van der Waals surface area (Å²) in [7, 11) is -0.877. The van der Waals surface area contributed by atoms with E-state index in [0.29, 0.717) is 0 Å². The van der Waals surface area contributed by atoms with Crippen molar-refractivity contribution in [1.29, 1.82) is 0 Å². The van der Waals surface area contributed by atoms with E-state index < -0.39 is 8.80 Å². The zero-order valence-electron chi connectivity index (χ0n) is 14.2. The minimum Gasteiger partial charge on any atom is -0.0624 e. The largest absolute Gasteiger partial charge is 0.154 e. The number of benzene rings is 3. The van der Waals surface area contributed by atoms with E-state index in [9.17, 15) is 0 Å². The van der Waals surface area contributed by atoms with E-state index in [1.54, 1.807) is 0 Å². The van der Waals surface area contributed by atoms with Crippen molar-refractivity contribution in [1.82, 2.24) is 0 Å². The smallest absolute Gasteiger partial charge is 0.0624 e. The summed E-state index contributed by atoms with van der Waals surface area (Å²) in [5.74, 6) is 0. The van der Waals surface area contributed by atoms with Crippen molar-refractivity contribution in [3.63, 3.8) is 0 Å². The summed E-state index contributed by atoms with van der Waals surface area (Å²) in [6.07, 6.45) is 0. The molecule has 4 radical (unpaired) electrons. The predicted molar refractivity (Wildman–Crippen MR) is 107 cm³/mol. The van der Waals surface area contributed by atoms with Crippen LogP contribution in [0.1, 0.15) is 0 Å². The Hall–Kier alpha value is 0.312. The van der Waals surface area contributed by atoms with Gasteiger partial charge in [-0.15, -0.1) is 0 Å². The molecule has 0 aliphatic carbocycles. The molecule has 0 spiro atoms. The zero-order valence-corrected chi connectivity index (χ0v) is 21.1. The van der Waals surface area contributed by atoms with Crippen LogP contribution in [-0.4, -0.2) is 81.3 Å². The van der Waals surface area contributed by atoms with Crippen LogP contribution in [0.5, 0.6) is 0 Å². The molecule has 0 aliphatic heterocycles. The molecule has 0 bridgehead atoms. The fourth-order valence-electron chi connectivity index (χ4n) is 2.31. The van der Waals surface area contributed by atoms with Gasteiger partial charge in [-0.2, -0.15) is 0 Å². The first-order valence-corrected chi connectivity index (χ1v) is 14.7. The monoisotopic (exact) mass is 448 g/mol. The molecule has 0 unspecified atom stereocenters.